The number of pyridine rings is 1. The first-order chi connectivity index (χ1) is 18.3. The number of anilines is 1. The molecule has 0 radical (unpaired) electrons. The van der Waals surface area contributed by atoms with E-state index in [4.69, 9.17) is 10.7 Å². The first-order valence-corrected chi connectivity index (χ1v) is 13.4. The Morgan fingerprint density at radius 1 is 1.21 bits per heavy atom. The molecule has 2 unspecified atom stereocenters. The number of aromatic amines is 1. The van der Waals surface area contributed by atoms with Gasteiger partial charge in [0.15, 0.2) is 11.3 Å². The van der Waals surface area contributed by atoms with Crippen molar-refractivity contribution in [2.24, 2.45) is 5.73 Å². The van der Waals surface area contributed by atoms with Gasteiger partial charge in [0.1, 0.15) is 5.82 Å². The van der Waals surface area contributed by atoms with Crippen molar-refractivity contribution >= 4 is 34.3 Å². The maximum absolute atomic E-state index is 14.0. The summed E-state index contributed by atoms with van der Waals surface area (Å²) in [5.74, 6) is -2.66. The predicted molar refractivity (Wildman–Crippen MR) is 145 cm³/mol. The van der Waals surface area contributed by atoms with Crippen LogP contribution in [0.2, 0.25) is 0 Å². The second-order valence-electron chi connectivity index (χ2n) is 10.5. The normalized spacial score (nSPS) is 19.9. The van der Waals surface area contributed by atoms with Gasteiger partial charge in [-0.3, -0.25) is 14.5 Å². The number of likely N-dealkylation sites (tertiary alicyclic amines) is 1. The number of ketones is 2. The summed E-state index contributed by atoms with van der Waals surface area (Å²) in [6.45, 7) is 5.44. The molecule has 3 atom stereocenters. The molecule has 1 saturated heterocycles. The summed E-state index contributed by atoms with van der Waals surface area (Å²) in [5.41, 5.74) is 8.06. The molecule has 200 valence electrons. The second-order valence-corrected chi connectivity index (χ2v) is 10.5. The van der Waals surface area contributed by atoms with Gasteiger partial charge in [-0.2, -0.15) is 0 Å². The van der Waals surface area contributed by atoms with Crippen molar-refractivity contribution in [2.75, 3.05) is 25.0 Å². The highest BCUT2D eigenvalue weighted by molar-refractivity contribution is 6.42. The van der Waals surface area contributed by atoms with Gasteiger partial charge in [0, 0.05) is 46.4 Å². The van der Waals surface area contributed by atoms with Gasteiger partial charge in [-0.15, -0.1) is 0 Å². The Morgan fingerprint density at radius 3 is 2.76 bits per heavy atom. The third-order valence-corrected chi connectivity index (χ3v) is 8.24. The smallest absolute Gasteiger partial charge is 0.375 e. The minimum atomic E-state index is -2.30. The lowest BCUT2D eigenvalue weighted by Crippen LogP contribution is -2.58. The number of para-hydroxylation sites is 1. The van der Waals surface area contributed by atoms with E-state index in [2.05, 4.69) is 29.4 Å². The van der Waals surface area contributed by atoms with E-state index in [-0.39, 0.29) is 24.1 Å². The number of nitrogens with one attached hydrogen (secondary N) is 2. The maximum Gasteiger partial charge on any atom is 0.375 e. The van der Waals surface area contributed by atoms with E-state index in [9.17, 15) is 19.5 Å². The monoisotopic (exact) mass is 517 g/mol. The Labute approximate surface area is 221 Å². The quantitative estimate of drug-likeness (QED) is 0.251. The molecule has 9 heteroatoms. The van der Waals surface area contributed by atoms with Gasteiger partial charge >= 0.3 is 5.97 Å². The Kier molecular flexibility index (Phi) is 7.07. The number of aromatic nitrogens is 2. The van der Waals surface area contributed by atoms with Crippen LogP contribution in [-0.2, 0) is 32.8 Å². The summed E-state index contributed by atoms with van der Waals surface area (Å²) in [6, 6.07) is 11.4. The van der Waals surface area contributed by atoms with Crippen LogP contribution in [-0.4, -0.2) is 63.2 Å². The number of rotatable bonds is 9. The van der Waals surface area contributed by atoms with Crippen LogP contribution in [0.1, 0.15) is 61.5 Å². The standard InChI is InChI=1S/C29H35N5O4/c1-3-20-25(19-9-4-5-10-22(19)32-20)29(30,26(36)28(37)38)24(35)16-34-15-7-11-23(34)17(2)21-13-12-18-8-6-14-31-27(18)33-21/h4-5,9-10,12-13,17,23,32H,3,6-8,11,14-16,30H2,1-2H3,(H,31,33)(H,37,38)/t17?,23-,29?/m1/s1. The van der Waals surface area contributed by atoms with Crippen LogP contribution >= 0.6 is 0 Å². The fourth-order valence-electron chi connectivity index (χ4n) is 6.18. The largest absolute Gasteiger partial charge is 0.475 e. The third-order valence-electron chi connectivity index (χ3n) is 8.24. The summed E-state index contributed by atoms with van der Waals surface area (Å²) in [4.78, 5) is 49.3. The molecule has 0 spiro atoms. The van der Waals surface area contributed by atoms with Gasteiger partial charge in [-0.05, 0) is 56.3 Å². The molecule has 0 bridgehead atoms. The summed E-state index contributed by atoms with van der Waals surface area (Å²) in [7, 11) is 0. The zero-order valence-corrected chi connectivity index (χ0v) is 21.9. The summed E-state index contributed by atoms with van der Waals surface area (Å²) in [6.07, 6.45) is 4.33. The van der Waals surface area contributed by atoms with Crippen LogP contribution in [0, 0.1) is 0 Å². The Morgan fingerprint density at radius 2 is 2.00 bits per heavy atom. The minimum absolute atomic E-state index is 0.0193. The molecule has 2 aromatic heterocycles. The van der Waals surface area contributed by atoms with Crippen LogP contribution in [0.4, 0.5) is 5.82 Å². The average Bonchev–Trinajstić information content (AvgIpc) is 3.55. The SMILES string of the molecule is CCc1[nH]c2ccccc2c1C(N)(C(=O)CN1CCC[C@@H]1C(C)c1ccc2c(n1)NCCC2)C(=O)C(=O)O. The summed E-state index contributed by atoms with van der Waals surface area (Å²) in [5, 5.41) is 13.7. The van der Waals surface area contributed by atoms with E-state index in [1.807, 2.05) is 24.0 Å². The zero-order valence-electron chi connectivity index (χ0n) is 21.9. The fraction of sp³-hybridized carbons (Fsp3) is 0.448. The van der Waals surface area contributed by atoms with Crippen LogP contribution in [0.15, 0.2) is 36.4 Å². The lowest BCUT2D eigenvalue weighted by Gasteiger charge is -2.33. The molecule has 0 amide bonds. The molecule has 3 aromatic rings. The molecular formula is C29H35N5O4. The number of hydrogen-bond donors (Lipinski definition) is 4. The highest BCUT2D eigenvalue weighted by Crippen LogP contribution is 2.36. The number of aryl methyl sites for hydroxylation is 2. The number of carboxylic acid groups (broad SMARTS) is 1. The van der Waals surface area contributed by atoms with Crippen molar-refractivity contribution in [3.8, 4) is 0 Å². The van der Waals surface area contributed by atoms with Gasteiger partial charge in [0.05, 0.1) is 6.54 Å². The number of carbonyl (C=O) groups is 3. The van der Waals surface area contributed by atoms with Crippen LogP contribution < -0.4 is 11.1 Å². The second kappa shape index (κ2) is 10.3. The first kappa shape index (κ1) is 26.1. The molecule has 1 fully saturated rings. The number of H-pyrrole nitrogens is 1. The number of hydrogen-bond acceptors (Lipinski definition) is 7. The van der Waals surface area contributed by atoms with Crippen molar-refractivity contribution in [3.05, 3.63) is 58.9 Å². The number of nitrogens with two attached hydrogens (primary N) is 1. The van der Waals surface area contributed by atoms with E-state index >= 15 is 0 Å². The van der Waals surface area contributed by atoms with Gasteiger partial charge < -0.3 is 21.1 Å². The van der Waals surface area contributed by atoms with Crippen molar-refractivity contribution in [2.45, 2.75) is 63.5 Å². The topological polar surface area (TPSA) is 141 Å². The fourth-order valence-corrected chi connectivity index (χ4v) is 6.18. The van der Waals surface area contributed by atoms with Crippen molar-refractivity contribution in [1.29, 1.82) is 0 Å². The first-order valence-electron chi connectivity index (χ1n) is 13.4. The van der Waals surface area contributed by atoms with Gasteiger partial charge in [0.25, 0.3) is 5.78 Å². The molecule has 4 heterocycles. The molecule has 5 N–H and O–H groups in total. The number of benzene rings is 1. The molecule has 0 saturated carbocycles. The average molecular weight is 518 g/mol. The Bertz CT molecular complexity index is 1400. The number of carbonyl (C=O) groups excluding carboxylic acids is 2. The summed E-state index contributed by atoms with van der Waals surface area (Å²) < 4.78 is 0. The van der Waals surface area contributed by atoms with E-state index in [1.54, 1.807) is 12.1 Å². The lowest BCUT2D eigenvalue weighted by molar-refractivity contribution is -0.154. The number of carboxylic acids is 1. The van der Waals surface area contributed by atoms with Crippen molar-refractivity contribution in [1.82, 2.24) is 14.9 Å². The molecule has 1 aromatic carbocycles. The van der Waals surface area contributed by atoms with Crippen LogP contribution in [0.25, 0.3) is 10.9 Å². The summed E-state index contributed by atoms with van der Waals surface area (Å²) >= 11 is 0. The lowest BCUT2D eigenvalue weighted by atomic mass is 9.79. The Hall–Kier alpha value is -3.56. The van der Waals surface area contributed by atoms with E-state index in [0.717, 1.165) is 43.7 Å². The number of Topliss-reactive ketones (excluding diaryl/α,β-unsaturated/α-hetero) is 2. The highest BCUT2D eigenvalue weighted by Gasteiger charge is 2.50. The van der Waals surface area contributed by atoms with Crippen LogP contribution in [0.3, 0.4) is 0 Å². The van der Waals surface area contributed by atoms with Crippen LogP contribution in [0.5, 0.6) is 0 Å². The predicted octanol–water partition coefficient (Wildman–Crippen LogP) is 3.13. The maximum atomic E-state index is 14.0. The van der Waals surface area contributed by atoms with Gasteiger partial charge in [-0.1, -0.05) is 38.1 Å². The minimum Gasteiger partial charge on any atom is -0.475 e. The molecule has 9 nitrogen and oxygen atoms in total. The number of fused-ring (bicyclic) bond motifs is 2. The van der Waals surface area contributed by atoms with Gasteiger partial charge in [0.2, 0.25) is 0 Å². The van der Waals surface area contributed by atoms with E-state index < -0.39 is 23.1 Å². The van der Waals surface area contributed by atoms with Gasteiger partial charge in [-0.25, -0.2) is 9.78 Å². The number of nitrogens with zero attached hydrogens (tertiary/aromatic N) is 2. The highest BCUT2D eigenvalue weighted by atomic mass is 16.4. The molecule has 38 heavy (non-hydrogen) atoms. The molecule has 2 aliphatic heterocycles. The Balaban J connectivity index is 1.47. The van der Waals surface area contributed by atoms with Crippen molar-refractivity contribution in [3.63, 3.8) is 0 Å². The molecule has 2 aliphatic rings. The third kappa shape index (κ3) is 4.39. The van der Waals surface area contributed by atoms with E-state index in [0.29, 0.717) is 29.6 Å². The molecule has 0 aliphatic carbocycles. The van der Waals surface area contributed by atoms with Crippen molar-refractivity contribution < 1.29 is 19.5 Å². The molecule has 5 rings (SSSR count). The number of aliphatic carboxylic acids is 1. The van der Waals surface area contributed by atoms with E-state index in [1.165, 1.54) is 5.56 Å². The molecular weight excluding hydrogens is 482 g/mol. The zero-order chi connectivity index (χ0) is 27.0.